The normalized spacial score (nSPS) is 17.4. The number of ether oxygens (including phenoxy) is 1. The first-order valence-electron chi connectivity index (χ1n) is 7.27. The van der Waals surface area contributed by atoms with Crippen molar-refractivity contribution in [3.63, 3.8) is 0 Å². The van der Waals surface area contributed by atoms with Gasteiger partial charge in [-0.3, -0.25) is 0 Å². The van der Waals surface area contributed by atoms with Gasteiger partial charge in [-0.1, -0.05) is 12.1 Å². The van der Waals surface area contributed by atoms with Crippen LogP contribution in [0.3, 0.4) is 0 Å². The number of morpholine rings is 1. The van der Waals surface area contributed by atoms with E-state index in [9.17, 15) is 4.39 Å². The molecule has 2 aromatic rings. The smallest absolute Gasteiger partial charge is 0.225 e. The van der Waals surface area contributed by atoms with Crippen LogP contribution in [0.2, 0.25) is 0 Å². The maximum atomic E-state index is 13.5. The third-order valence-electron chi connectivity index (χ3n) is 3.57. The predicted octanol–water partition coefficient (Wildman–Crippen LogP) is 2.43. The Hall–Kier alpha value is -1.76. The van der Waals surface area contributed by atoms with Gasteiger partial charge in [-0.15, -0.1) is 12.4 Å². The van der Waals surface area contributed by atoms with Crippen LogP contribution >= 0.6 is 12.4 Å². The second-order valence-electron chi connectivity index (χ2n) is 5.44. The van der Waals surface area contributed by atoms with E-state index in [0.29, 0.717) is 19.1 Å². The zero-order valence-corrected chi connectivity index (χ0v) is 13.9. The van der Waals surface area contributed by atoms with Crippen molar-refractivity contribution >= 4 is 18.4 Å². The van der Waals surface area contributed by atoms with Gasteiger partial charge in [-0.25, -0.2) is 14.4 Å². The zero-order chi connectivity index (χ0) is 15.5. The molecule has 0 radical (unpaired) electrons. The van der Waals surface area contributed by atoms with E-state index < -0.39 is 0 Å². The number of hydrogen-bond donors (Lipinski definition) is 1. The number of nitrogens with one attached hydrogen (secondary N) is 1. The zero-order valence-electron chi connectivity index (χ0n) is 13.1. The van der Waals surface area contributed by atoms with Crippen molar-refractivity contribution in [1.82, 2.24) is 15.3 Å². The highest BCUT2D eigenvalue weighted by Crippen LogP contribution is 2.30. The van der Waals surface area contributed by atoms with Crippen molar-refractivity contribution in [3.8, 4) is 11.1 Å². The van der Waals surface area contributed by atoms with Crippen molar-refractivity contribution in [2.24, 2.45) is 0 Å². The Morgan fingerprint density at radius 2 is 2.17 bits per heavy atom. The molecule has 0 saturated carbocycles. The average Bonchev–Trinajstić information content (AvgIpc) is 2.55. The van der Waals surface area contributed by atoms with Crippen molar-refractivity contribution in [1.29, 1.82) is 0 Å². The van der Waals surface area contributed by atoms with Crippen LogP contribution in [0.1, 0.15) is 11.8 Å². The molecule has 1 aromatic heterocycles. The van der Waals surface area contributed by atoms with Crippen LogP contribution in [0.25, 0.3) is 11.1 Å². The van der Waals surface area contributed by atoms with E-state index >= 15 is 0 Å². The summed E-state index contributed by atoms with van der Waals surface area (Å²) >= 11 is 0. The summed E-state index contributed by atoms with van der Waals surface area (Å²) in [5.41, 5.74) is 2.35. The SMILES string of the molecule is CN(C)c1ncc(-c2cccc(F)c2)c(C2CNCCO2)n1.Cl. The lowest BCUT2D eigenvalue weighted by molar-refractivity contribution is 0.0254. The summed E-state index contributed by atoms with van der Waals surface area (Å²) in [6.07, 6.45) is 1.58. The summed E-state index contributed by atoms with van der Waals surface area (Å²) in [4.78, 5) is 10.8. The monoisotopic (exact) mass is 338 g/mol. The third-order valence-corrected chi connectivity index (χ3v) is 3.57. The molecule has 3 rings (SSSR count). The molecule has 1 aliphatic heterocycles. The van der Waals surface area contributed by atoms with Gasteiger partial charge in [0.15, 0.2) is 0 Å². The van der Waals surface area contributed by atoms with Crippen molar-refractivity contribution in [2.75, 3.05) is 38.7 Å². The minimum absolute atomic E-state index is 0. The molecule has 1 saturated heterocycles. The van der Waals surface area contributed by atoms with Gasteiger partial charge >= 0.3 is 0 Å². The van der Waals surface area contributed by atoms with Crippen molar-refractivity contribution < 1.29 is 9.13 Å². The van der Waals surface area contributed by atoms with E-state index in [4.69, 9.17) is 4.74 Å². The van der Waals surface area contributed by atoms with E-state index in [2.05, 4.69) is 15.3 Å². The molecule has 23 heavy (non-hydrogen) atoms. The number of halogens is 2. The molecule has 1 N–H and O–H groups in total. The van der Waals surface area contributed by atoms with Gasteiger partial charge in [0.25, 0.3) is 0 Å². The molecular weight excluding hydrogens is 319 g/mol. The molecule has 1 atom stereocenters. The van der Waals surface area contributed by atoms with Gasteiger partial charge in [0.1, 0.15) is 11.9 Å². The first-order chi connectivity index (χ1) is 10.6. The number of aromatic nitrogens is 2. The van der Waals surface area contributed by atoms with Gasteiger partial charge < -0.3 is 15.0 Å². The van der Waals surface area contributed by atoms with Gasteiger partial charge in [0.2, 0.25) is 5.95 Å². The van der Waals surface area contributed by atoms with Crippen LogP contribution in [0, 0.1) is 5.82 Å². The van der Waals surface area contributed by atoms with Crippen LogP contribution in [0.4, 0.5) is 10.3 Å². The fourth-order valence-corrected chi connectivity index (χ4v) is 2.47. The number of hydrogen-bond acceptors (Lipinski definition) is 5. The Kier molecular flexibility index (Phi) is 5.87. The molecule has 124 valence electrons. The Morgan fingerprint density at radius 1 is 1.35 bits per heavy atom. The highest BCUT2D eigenvalue weighted by molar-refractivity contribution is 5.85. The standard InChI is InChI=1S/C16H19FN4O.ClH/c1-21(2)16-19-9-13(11-4-3-5-12(17)8-11)15(20-16)14-10-18-6-7-22-14;/h3-5,8-9,14,18H,6-7,10H2,1-2H3;1H. The maximum Gasteiger partial charge on any atom is 0.225 e. The quantitative estimate of drug-likeness (QED) is 0.931. The molecule has 0 spiro atoms. The molecule has 7 heteroatoms. The molecule has 1 fully saturated rings. The van der Waals surface area contributed by atoms with E-state index in [1.165, 1.54) is 12.1 Å². The number of nitrogens with zero attached hydrogens (tertiary/aromatic N) is 3. The molecule has 0 aliphatic carbocycles. The molecule has 5 nitrogen and oxygen atoms in total. The molecule has 1 unspecified atom stereocenters. The minimum Gasteiger partial charge on any atom is -0.369 e. The Bertz CT molecular complexity index is 662. The second-order valence-corrected chi connectivity index (χ2v) is 5.44. The summed E-state index contributed by atoms with van der Waals surface area (Å²) in [6, 6.07) is 6.47. The van der Waals surface area contributed by atoms with Gasteiger partial charge in [0.05, 0.1) is 12.3 Å². The number of anilines is 1. The van der Waals surface area contributed by atoms with E-state index in [1.54, 1.807) is 12.3 Å². The first-order valence-corrected chi connectivity index (χ1v) is 7.27. The Morgan fingerprint density at radius 3 is 2.83 bits per heavy atom. The lowest BCUT2D eigenvalue weighted by Gasteiger charge is -2.25. The molecule has 1 aliphatic rings. The Labute approximate surface area is 141 Å². The second kappa shape index (κ2) is 7.68. The highest BCUT2D eigenvalue weighted by atomic mass is 35.5. The van der Waals surface area contributed by atoms with Crippen LogP contribution in [0.5, 0.6) is 0 Å². The molecular formula is C16H20ClFN4O. The lowest BCUT2D eigenvalue weighted by Crippen LogP contribution is -2.34. The fourth-order valence-electron chi connectivity index (χ4n) is 2.47. The molecule has 1 aromatic carbocycles. The van der Waals surface area contributed by atoms with Crippen molar-refractivity contribution in [2.45, 2.75) is 6.10 Å². The van der Waals surface area contributed by atoms with Crippen LogP contribution < -0.4 is 10.2 Å². The highest BCUT2D eigenvalue weighted by Gasteiger charge is 2.22. The summed E-state index contributed by atoms with van der Waals surface area (Å²) in [5, 5.41) is 3.30. The summed E-state index contributed by atoms with van der Waals surface area (Å²) in [7, 11) is 3.78. The first kappa shape index (κ1) is 17.6. The largest absolute Gasteiger partial charge is 0.369 e. The minimum atomic E-state index is -0.275. The summed E-state index contributed by atoms with van der Waals surface area (Å²) in [5.74, 6) is 0.340. The topological polar surface area (TPSA) is 50.3 Å². The van der Waals surface area contributed by atoms with E-state index in [-0.39, 0.29) is 24.3 Å². The maximum absolute atomic E-state index is 13.5. The summed E-state index contributed by atoms with van der Waals surface area (Å²) < 4.78 is 19.4. The number of rotatable bonds is 3. The van der Waals surface area contributed by atoms with E-state index in [0.717, 1.165) is 23.4 Å². The van der Waals surface area contributed by atoms with Gasteiger partial charge in [-0.2, -0.15) is 0 Å². The number of benzene rings is 1. The van der Waals surface area contributed by atoms with E-state index in [1.807, 2.05) is 25.1 Å². The average molecular weight is 339 g/mol. The summed E-state index contributed by atoms with van der Waals surface area (Å²) in [6.45, 7) is 2.15. The fraction of sp³-hybridized carbons (Fsp3) is 0.375. The van der Waals surface area contributed by atoms with Crippen LogP contribution in [-0.2, 0) is 4.74 Å². The van der Waals surface area contributed by atoms with Crippen molar-refractivity contribution in [3.05, 3.63) is 42.0 Å². The Balaban J connectivity index is 0.00000192. The predicted molar refractivity (Wildman–Crippen MR) is 90.6 cm³/mol. The van der Waals surface area contributed by atoms with Crippen LogP contribution in [-0.4, -0.2) is 43.8 Å². The molecule has 2 heterocycles. The van der Waals surface area contributed by atoms with Gasteiger partial charge in [0, 0.05) is 38.9 Å². The van der Waals surface area contributed by atoms with Crippen LogP contribution in [0.15, 0.2) is 30.5 Å². The lowest BCUT2D eigenvalue weighted by atomic mass is 10.0. The van der Waals surface area contributed by atoms with Gasteiger partial charge in [-0.05, 0) is 17.7 Å². The third kappa shape index (κ3) is 3.96. The molecule has 0 amide bonds. The molecule has 0 bridgehead atoms.